The molecule has 9 nitrogen and oxygen atoms in total. The van der Waals surface area contributed by atoms with Gasteiger partial charge in [-0.05, 0) is 37.3 Å². The van der Waals surface area contributed by atoms with Crippen molar-refractivity contribution < 1.29 is 22.7 Å². The van der Waals surface area contributed by atoms with Crippen LogP contribution in [0.1, 0.15) is 5.69 Å². The molecule has 0 unspecified atom stereocenters. The predicted molar refractivity (Wildman–Crippen MR) is 96.9 cm³/mol. The number of morpholine rings is 1. The summed E-state index contributed by atoms with van der Waals surface area (Å²) < 4.78 is 37.1. The van der Waals surface area contributed by atoms with Gasteiger partial charge in [-0.25, -0.2) is 18.4 Å². The summed E-state index contributed by atoms with van der Waals surface area (Å²) in [5.74, 6) is 0.178. The Morgan fingerprint density at radius 2 is 1.93 bits per heavy atom. The topological polar surface area (TPSA) is 111 Å². The summed E-state index contributed by atoms with van der Waals surface area (Å²) in [7, 11) is -3.55. The van der Waals surface area contributed by atoms with Gasteiger partial charge in [-0.2, -0.15) is 4.31 Å². The molecule has 1 fully saturated rings. The van der Waals surface area contributed by atoms with Gasteiger partial charge in [-0.15, -0.1) is 0 Å². The maximum Gasteiger partial charge on any atom is 0.264 e. The molecule has 0 aliphatic carbocycles. The zero-order valence-electron chi connectivity index (χ0n) is 14.8. The lowest BCUT2D eigenvalue weighted by atomic mass is 10.3. The standard InChI is InChI=1S/C17H20N4O5S/c1-13-6-7-18-17(19-13)20-16(22)12-26-14-2-4-15(5-3-14)27(23,24)21-8-10-25-11-9-21/h2-7H,8-12H2,1H3,(H,18,19,20,22). The number of hydrogen-bond acceptors (Lipinski definition) is 7. The van der Waals surface area contributed by atoms with Crippen molar-refractivity contribution in [1.29, 1.82) is 0 Å². The molecule has 27 heavy (non-hydrogen) atoms. The number of anilines is 1. The van der Waals surface area contributed by atoms with E-state index in [0.717, 1.165) is 5.69 Å². The van der Waals surface area contributed by atoms with Crippen LogP contribution in [-0.4, -0.2) is 61.5 Å². The number of aryl methyl sites for hydroxylation is 1. The van der Waals surface area contributed by atoms with E-state index in [0.29, 0.717) is 32.1 Å². The Morgan fingerprint density at radius 1 is 1.22 bits per heavy atom. The van der Waals surface area contributed by atoms with Crippen LogP contribution in [0.15, 0.2) is 41.4 Å². The van der Waals surface area contributed by atoms with Gasteiger partial charge in [0.2, 0.25) is 16.0 Å². The van der Waals surface area contributed by atoms with E-state index in [1.807, 2.05) is 0 Å². The van der Waals surface area contributed by atoms with Crippen LogP contribution in [0.4, 0.5) is 5.95 Å². The van der Waals surface area contributed by atoms with Crippen molar-refractivity contribution >= 4 is 21.9 Å². The van der Waals surface area contributed by atoms with E-state index >= 15 is 0 Å². The molecule has 10 heteroatoms. The quantitative estimate of drug-likeness (QED) is 0.775. The third-order valence-electron chi connectivity index (χ3n) is 3.85. The summed E-state index contributed by atoms with van der Waals surface area (Å²) in [6, 6.07) is 7.68. The van der Waals surface area contributed by atoms with Crippen LogP contribution >= 0.6 is 0 Å². The molecule has 144 valence electrons. The van der Waals surface area contributed by atoms with Crippen LogP contribution in [0.25, 0.3) is 0 Å². The number of rotatable bonds is 6. The Kier molecular flexibility index (Phi) is 5.99. The molecule has 3 rings (SSSR count). The molecule has 1 aromatic carbocycles. The molecule has 1 aliphatic heterocycles. The molecular weight excluding hydrogens is 372 g/mol. The van der Waals surface area contributed by atoms with Crippen molar-refractivity contribution in [1.82, 2.24) is 14.3 Å². The number of nitrogens with one attached hydrogen (secondary N) is 1. The van der Waals surface area contributed by atoms with E-state index in [1.165, 1.54) is 28.6 Å². The number of carbonyl (C=O) groups is 1. The minimum atomic E-state index is -3.55. The van der Waals surface area contributed by atoms with Crippen molar-refractivity contribution in [2.75, 3.05) is 38.2 Å². The van der Waals surface area contributed by atoms with E-state index in [1.54, 1.807) is 19.2 Å². The molecule has 0 saturated carbocycles. The fourth-order valence-corrected chi connectivity index (χ4v) is 3.87. The highest BCUT2D eigenvalue weighted by molar-refractivity contribution is 7.89. The van der Waals surface area contributed by atoms with Crippen molar-refractivity contribution in [3.63, 3.8) is 0 Å². The number of amides is 1. The Hall–Kier alpha value is -2.56. The molecule has 1 N–H and O–H groups in total. The molecule has 2 heterocycles. The summed E-state index contributed by atoms with van der Waals surface area (Å²) in [4.78, 5) is 20.1. The third kappa shape index (κ3) is 5.00. The fraction of sp³-hybridized carbons (Fsp3) is 0.353. The molecule has 1 saturated heterocycles. The molecule has 2 aromatic rings. The second kappa shape index (κ2) is 8.42. The third-order valence-corrected chi connectivity index (χ3v) is 5.76. The summed E-state index contributed by atoms with van der Waals surface area (Å²) in [6.07, 6.45) is 1.55. The highest BCUT2D eigenvalue weighted by Crippen LogP contribution is 2.20. The lowest BCUT2D eigenvalue weighted by Crippen LogP contribution is -2.40. The molecule has 0 radical (unpaired) electrons. The van der Waals surface area contributed by atoms with Crippen LogP contribution in [0.5, 0.6) is 5.75 Å². The smallest absolute Gasteiger partial charge is 0.264 e. The van der Waals surface area contributed by atoms with Crippen LogP contribution in [0.2, 0.25) is 0 Å². The maximum atomic E-state index is 12.5. The molecule has 1 amide bonds. The normalized spacial score (nSPS) is 15.3. The first-order chi connectivity index (χ1) is 12.9. The first-order valence-electron chi connectivity index (χ1n) is 8.35. The Labute approximate surface area is 157 Å². The van der Waals surface area contributed by atoms with Gasteiger partial charge in [0, 0.05) is 25.0 Å². The molecule has 1 aliphatic rings. The van der Waals surface area contributed by atoms with Crippen molar-refractivity contribution in [3.05, 3.63) is 42.2 Å². The minimum absolute atomic E-state index is 0.175. The number of aromatic nitrogens is 2. The lowest BCUT2D eigenvalue weighted by Gasteiger charge is -2.26. The fourth-order valence-electron chi connectivity index (χ4n) is 2.46. The van der Waals surface area contributed by atoms with Gasteiger partial charge in [0.1, 0.15) is 5.75 Å². The van der Waals surface area contributed by atoms with Gasteiger partial charge < -0.3 is 9.47 Å². The number of ether oxygens (including phenoxy) is 2. The summed E-state index contributed by atoms with van der Waals surface area (Å²) >= 11 is 0. The highest BCUT2D eigenvalue weighted by Gasteiger charge is 2.26. The van der Waals surface area contributed by atoms with Crippen LogP contribution in [0.3, 0.4) is 0 Å². The summed E-state index contributed by atoms with van der Waals surface area (Å²) in [5.41, 5.74) is 0.735. The number of carbonyl (C=O) groups excluding carboxylic acids is 1. The average Bonchev–Trinajstić information content (AvgIpc) is 2.67. The van der Waals surface area contributed by atoms with Crippen LogP contribution < -0.4 is 10.1 Å². The van der Waals surface area contributed by atoms with E-state index < -0.39 is 15.9 Å². The van der Waals surface area contributed by atoms with Gasteiger partial charge >= 0.3 is 0 Å². The maximum absolute atomic E-state index is 12.5. The minimum Gasteiger partial charge on any atom is -0.484 e. The van der Waals surface area contributed by atoms with E-state index in [9.17, 15) is 13.2 Å². The Balaban J connectivity index is 1.56. The summed E-state index contributed by atoms with van der Waals surface area (Å²) in [5, 5.41) is 2.53. The van der Waals surface area contributed by atoms with Crippen molar-refractivity contribution in [2.45, 2.75) is 11.8 Å². The SMILES string of the molecule is Cc1ccnc(NC(=O)COc2ccc(S(=O)(=O)N3CCOCC3)cc2)n1. The largest absolute Gasteiger partial charge is 0.484 e. The first-order valence-corrected chi connectivity index (χ1v) is 9.79. The second-order valence-corrected chi connectivity index (χ2v) is 7.78. The van der Waals surface area contributed by atoms with E-state index in [2.05, 4.69) is 15.3 Å². The van der Waals surface area contributed by atoms with Gasteiger partial charge in [0.25, 0.3) is 5.91 Å². The number of hydrogen-bond donors (Lipinski definition) is 1. The van der Waals surface area contributed by atoms with Crippen LogP contribution in [-0.2, 0) is 19.6 Å². The molecule has 0 atom stereocenters. The second-order valence-electron chi connectivity index (χ2n) is 5.85. The van der Waals surface area contributed by atoms with Crippen LogP contribution in [0, 0.1) is 6.92 Å². The van der Waals surface area contributed by atoms with Gasteiger partial charge in [-0.3, -0.25) is 10.1 Å². The number of nitrogens with zero attached hydrogens (tertiary/aromatic N) is 3. The zero-order valence-corrected chi connectivity index (χ0v) is 15.6. The number of benzene rings is 1. The Morgan fingerprint density at radius 3 is 2.59 bits per heavy atom. The summed E-state index contributed by atoms with van der Waals surface area (Å²) in [6.45, 7) is 3.00. The van der Waals surface area contributed by atoms with Gasteiger partial charge in [0.15, 0.2) is 6.61 Å². The first kappa shape index (κ1) is 19.2. The number of sulfonamides is 1. The molecule has 0 bridgehead atoms. The van der Waals surface area contributed by atoms with Crippen molar-refractivity contribution in [2.24, 2.45) is 0 Å². The van der Waals surface area contributed by atoms with Crippen molar-refractivity contribution in [3.8, 4) is 5.75 Å². The molecule has 0 spiro atoms. The van der Waals surface area contributed by atoms with Gasteiger partial charge in [0.05, 0.1) is 18.1 Å². The lowest BCUT2D eigenvalue weighted by molar-refractivity contribution is -0.118. The zero-order chi connectivity index (χ0) is 19.3. The molecule has 1 aromatic heterocycles. The average molecular weight is 392 g/mol. The molecular formula is C17H20N4O5S. The monoisotopic (exact) mass is 392 g/mol. The predicted octanol–water partition coefficient (Wildman–Crippen LogP) is 0.823. The van der Waals surface area contributed by atoms with E-state index in [4.69, 9.17) is 9.47 Å². The Bertz CT molecular complexity index is 896. The van der Waals surface area contributed by atoms with E-state index in [-0.39, 0.29) is 17.5 Å². The van der Waals surface area contributed by atoms with Gasteiger partial charge in [-0.1, -0.05) is 0 Å². The highest BCUT2D eigenvalue weighted by atomic mass is 32.2.